The van der Waals surface area contributed by atoms with Crippen LogP contribution in [0.2, 0.25) is 0 Å². The van der Waals surface area contributed by atoms with Crippen molar-refractivity contribution in [2.45, 2.75) is 32.2 Å². The van der Waals surface area contributed by atoms with Crippen LogP contribution in [-0.2, 0) is 0 Å². The molecule has 4 nitrogen and oxygen atoms in total. The van der Waals surface area contributed by atoms with E-state index in [9.17, 15) is 0 Å². The zero-order chi connectivity index (χ0) is 12.2. The number of hydrazine groups is 1. The summed E-state index contributed by atoms with van der Waals surface area (Å²) in [6.45, 7) is 8.82. The summed E-state index contributed by atoms with van der Waals surface area (Å²) in [7, 11) is 4.08. The smallest absolute Gasteiger partial charge is 0.0472 e. The Morgan fingerprint density at radius 3 is 2.25 bits per heavy atom. The van der Waals surface area contributed by atoms with Gasteiger partial charge in [0.1, 0.15) is 0 Å². The van der Waals surface area contributed by atoms with Crippen molar-refractivity contribution in [3.8, 4) is 0 Å². The van der Waals surface area contributed by atoms with Crippen LogP contribution >= 0.6 is 0 Å². The fraction of sp³-hybridized carbons (Fsp3) is 1.00. The third-order valence-electron chi connectivity index (χ3n) is 3.29. The van der Waals surface area contributed by atoms with E-state index < -0.39 is 0 Å². The SMILES string of the molecule is CC(C)CN1CCC(CN)(NN(C)C)CC1. The predicted molar refractivity (Wildman–Crippen MR) is 69.1 cm³/mol. The van der Waals surface area contributed by atoms with Gasteiger partial charge in [0.25, 0.3) is 0 Å². The molecular formula is C12H28N4. The van der Waals surface area contributed by atoms with Gasteiger partial charge in [-0.3, -0.25) is 5.01 Å². The maximum atomic E-state index is 5.93. The largest absolute Gasteiger partial charge is 0.329 e. The number of hydrogen-bond acceptors (Lipinski definition) is 4. The lowest BCUT2D eigenvalue weighted by Gasteiger charge is -2.43. The van der Waals surface area contributed by atoms with Gasteiger partial charge in [-0.05, 0) is 31.8 Å². The van der Waals surface area contributed by atoms with Crippen LogP contribution < -0.4 is 11.2 Å². The van der Waals surface area contributed by atoms with Crippen molar-refractivity contribution in [3.05, 3.63) is 0 Å². The van der Waals surface area contributed by atoms with Crippen molar-refractivity contribution in [1.29, 1.82) is 0 Å². The summed E-state index contributed by atoms with van der Waals surface area (Å²) in [6, 6.07) is 0. The maximum Gasteiger partial charge on any atom is 0.0472 e. The fourth-order valence-corrected chi connectivity index (χ4v) is 2.52. The minimum absolute atomic E-state index is 0.122. The van der Waals surface area contributed by atoms with E-state index in [1.807, 2.05) is 19.1 Å². The first-order valence-corrected chi connectivity index (χ1v) is 6.35. The lowest BCUT2D eigenvalue weighted by atomic mass is 9.88. The number of likely N-dealkylation sites (tertiary alicyclic amines) is 1. The zero-order valence-corrected chi connectivity index (χ0v) is 11.3. The molecule has 0 unspecified atom stereocenters. The molecule has 1 rings (SSSR count). The Balaban J connectivity index is 2.44. The molecule has 0 atom stereocenters. The van der Waals surface area contributed by atoms with E-state index in [-0.39, 0.29) is 5.54 Å². The van der Waals surface area contributed by atoms with Crippen LogP contribution in [0.5, 0.6) is 0 Å². The highest BCUT2D eigenvalue weighted by atomic mass is 15.5. The molecular weight excluding hydrogens is 200 g/mol. The molecule has 0 spiro atoms. The first kappa shape index (κ1) is 13.9. The molecule has 0 aromatic heterocycles. The third kappa shape index (κ3) is 4.01. The van der Waals surface area contributed by atoms with E-state index in [1.54, 1.807) is 0 Å². The van der Waals surface area contributed by atoms with Gasteiger partial charge in [-0.15, -0.1) is 0 Å². The highest BCUT2D eigenvalue weighted by Crippen LogP contribution is 2.22. The molecule has 1 saturated heterocycles. The molecule has 0 aromatic carbocycles. The van der Waals surface area contributed by atoms with Crippen molar-refractivity contribution >= 4 is 0 Å². The van der Waals surface area contributed by atoms with Gasteiger partial charge in [-0.2, -0.15) is 0 Å². The average molecular weight is 228 g/mol. The van der Waals surface area contributed by atoms with Crippen LogP contribution in [0.15, 0.2) is 0 Å². The van der Waals surface area contributed by atoms with Gasteiger partial charge in [0.15, 0.2) is 0 Å². The Kier molecular flexibility index (Phi) is 5.18. The topological polar surface area (TPSA) is 44.5 Å². The summed E-state index contributed by atoms with van der Waals surface area (Å²) in [5.41, 5.74) is 9.55. The summed E-state index contributed by atoms with van der Waals surface area (Å²) < 4.78 is 0. The van der Waals surface area contributed by atoms with E-state index in [1.165, 1.54) is 6.54 Å². The average Bonchev–Trinajstić information content (AvgIpc) is 2.20. The van der Waals surface area contributed by atoms with Gasteiger partial charge in [0, 0.05) is 32.7 Å². The molecule has 0 amide bonds. The highest BCUT2D eigenvalue weighted by molar-refractivity contribution is 4.93. The Hall–Kier alpha value is -0.160. The van der Waals surface area contributed by atoms with Crippen LogP contribution in [0, 0.1) is 5.92 Å². The second kappa shape index (κ2) is 5.96. The van der Waals surface area contributed by atoms with Gasteiger partial charge < -0.3 is 10.6 Å². The minimum Gasteiger partial charge on any atom is -0.329 e. The molecule has 96 valence electrons. The van der Waals surface area contributed by atoms with Crippen molar-refractivity contribution in [2.24, 2.45) is 11.7 Å². The summed E-state index contributed by atoms with van der Waals surface area (Å²) in [6.07, 6.45) is 2.29. The zero-order valence-electron chi connectivity index (χ0n) is 11.3. The molecule has 0 saturated carbocycles. The van der Waals surface area contributed by atoms with Crippen molar-refractivity contribution in [1.82, 2.24) is 15.3 Å². The van der Waals surface area contributed by atoms with Gasteiger partial charge in [-0.25, -0.2) is 5.43 Å². The molecule has 0 aromatic rings. The predicted octanol–water partition coefficient (Wildman–Crippen LogP) is 0.502. The Labute approximate surface area is 100 Å². The van der Waals surface area contributed by atoms with Gasteiger partial charge >= 0.3 is 0 Å². The van der Waals surface area contributed by atoms with E-state index in [0.29, 0.717) is 0 Å². The van der Waals surface area contributed by atoms with E-state index in [4.69, 9.17) is 5.73 Å². The van der Waals surface area contributed by atoms with E-state index in [0.717, 1.165) is 38.4 Å². The fourth-order valence-electron chi connectivity index (χ4n) is 2.52. The number of hydrogen-bond donors (Lipinski definition) is 2. The van der Waals surface area contributed by atoms with Crippen LogP contribution in [0.25, 0.3) is 0 Å². The number of piperidine rings is 1. The molecule has 1 aliphatic rings. The van der Waals surface area contributed by atoms with Crippen molar-refractivity contribution in [2.75, 3.05) is 40.3 Å². The molecule has 16 heavy (non-hydrogen) atoms. The Bertz CT molecular complexity index is 195. The number of rotatable bonds is 5. The molecule has 1 aliphatic heterocycles. The molecule has 0 bridgehead atoms. The second-order valence-corrected chi connectivity index (χ2v) is 5.69. The van der Waals surface area contributed by atoms with Crippen LogP contribution in [0.4, 0.5) is 0 Å². The van der Waals surface area contributed by atoms with Gasteiger partial charge in [0.05, 0.1) is 0 Å². The minimum atomic E-state index is 0.122. The third-order valence-corrected chi connectivity index (χ3v) is 3.29. The Morgan fingerprint density at radius 2 is 1.88 bits per heavy atom. The van der Waals surface area contributed by atoms with Crippen LogP contribution in [-0.4, -0.2) is 55.7 Å². The van der Waals surface area contributed by atoms with Crippen molar-refractivity contribution in [3.63, 3.8) is 0 Å². The summed E-state index contributed by atoms with van der Waals surface area (Å²) >= 11 is 0. The van der Waals surface area contributed by atoms with Gasteiger partial charge in [-0.1, -0.05) is 13.8 Å². The molecule has 0 aliphatic carbocycles. The highest BCUT2D eigenvalue weighted by Gasteiger charge is 2.33. The number of nitrogens with one attached hydrogen (secondary N) is 1. The molecule has 3 N–H and O–H groups in total. The quantitative estimate of drug-likeness (QED) is 0.673. The molecule has 1 heterocycles. The lowest BCUT2D eigenvalue weighted by molar-refractivity contribution is 0.0754. The summed E-state index contributed by atoms with van der Waals surface area (Å²) in [4.78, 5) is 2.55. The van der Waals surface area contributed by atoms with E-state index in [2.05, 4.69) is 24.2 Å². The number of nitrogens with zero attached hydrogens (tertiary/aromatic N) is 2. The van der Waals surface area contributed by atoms with Crippen LogP contribution in [0.1, 0.15) is 26.7 Å². The summed E-state index contributed by atoms with van der Waals surface area (Å²) in [5, 5.41) is 2.03. The summed E-state index contributed by atoms with van der Waals surface area (Å²) in [5.74, 6) is 0.757. The maximum absolute atomic E-state index is 5.93. The lowest BCUT2D eigenvalue weighted by Crippen LogP contribution is -2.61. The number of nitrogens with two attached hydrogens (primary N) is 1. The van der Waals surface area contributed by atoms with Gasteiger partial charge in [0.2, 0.25) is 0 Å². The molecule has 1 fully saturated rings. The second-order valence-electron chi connectivity index (χ2n) is 5.69. The standard InChI is InChI=1S/C12H28N4/c1-11(2)9-16-7-5-12(10-13,6-8-16)14-15(3)4/h11,14H,5-10,13H2,1-4H3. The van der Waals surface area contributed by atoms with Crippen LogP contribution in [0.3, 0.4) is 0 Å². The monoisotopic (exact) mass is 228 g/mol. The molecule has 0 radical (unpaired) electrons. The Morgan fingerprint density at radius 1 is 1.31 bits per heavy atom. The van der Waals surface area contributed by atoms with Crippen molar-refractivity contribution < 1.29 is 0 Å². The van der Waals surface area contributed by atoms with E-state index >= 15 is 0 Å². The normalized spacial score (nSPS) is 21.9. The first-order valence-electron chi connectivity index (χ1n) is 6.35. The first-order chi connectivity index (χ1) is 7.47. The molecule has 4 heteroatoms.